The molecule has 2 rings (SSSR count). The number of ether oxygens (including phenoxy) is 1. The minimum absolute atomic E-state index is 0.250. The summed E-state index contributed by atoms with van der Waals surface area (Å²) < 4.78 is 6.16. The van der Waals surface area contributed by atoms with E-state index in [2.05, 4.69) is 32.6 Å². The van der Waals surface area contributed by atoms with Gasteiger partial charge in [-0.25, -0.2) is 0 Å². The van der Waals surface area contributed by atoms with E-state index in [1.54, 1.807) is 0 Å². The number of piperidine rings is 1. The van der Waals surface area contributed by atoms with Crippen LogP contribution in [0.15, 0.2) is 0 Å². The van der Waals surface area contributed by atoms with Crippen LogP contribution in [0.2, 0.25) is 0 Å². The van der Waals surface area contributed by atoms with Crippen LogP contribution in [0, 0.1) is 11.8 Å². The van der Waals surface area contributed by atoms with Gasteiger partial charge in [-0.05, 0) is 44.9 Å². The number of hydrogen-bond donors (Lipinski definition) is 0. The second-order valence-corrected chi connectivity index (χ2v) is 6.33. The Bertz CT molecular complexity index is 229. The Morgan fingerprint density at radius 2 is 1.75 bits per heavy atom. The van der Waals surface area contributed by atoms with E-state index in [1.165, 1.54) is 32.4 Å². The van der Waals surface area contributed by atoms with Gasteiger partial charge in [-0.3, -0.25) is 0 Å². The molecule has 0 aromatic rings. The van der Waals surface area contributed by atoms with Crippen molar-refractivity contribution in [1.29, 1.82) is 0 Å². The van der Waals surface area contributed by atoms with Crippen molar-refractivity contribution in [2.75, 3.05) is 19.7 Å². The van der Waals surface area contributed by atoms with Gasteiger partial charge in [-0.1, -0.05) is 13.8 Å². The lowest BCUT2D eigenvalue weighted by molar-refractivity contribution is -0.0486. The Morgan fingerprint density at radius 3 is 2.19 bits per heavy atom. The first kappa shape index (κ1) is 12.4. The summed E-state index contributed by atoms with van der Waals surface area (Å²) in [6.07, 6.45) is 3.79. The van der Waals surface area contributed by atoms with E-state index in [0.717, 1.165) is 18.4 Å². The Morgan fingerprint density at radius 1 is 1.12 bits per heavy atom. The average molecular weight is 225 g/mol. The monoisotopic (exact) mass is 225 g/mol. The number of rotatable bonds is 2. The fraction of sp³-hybridized carbons (Fsp3) is 1.00. The van der Waals surface area contributed by atoms with E-state index in [-0.39, 0.29) is 5.60 Å². The van der Waals surface area contributed by atoms with Crippen LogP contribution < -0.4 is 0 Å². The fourth-order valence-corrected chi connectivity index (χ4v) is 3.10. The second-order valence-electron chi connectivity index (χ2n) is 6.33. The molecule has 0 aromatic carbocycles. The summed E-state index contributed by atoms with van der Waals surface area (Å²) in [4.78, 5) is 2.58. The zero-order valence-electron chi connectivity index (χ0n) is 11.3. The second kappa shape index (κ2) is 4.66. The Balaban J connectivity index is 1.89. The molecule has 0 saturated carbocycles. The van der Waals surface area contributed by atoms with E-state index in [0.29, 0.717) is 6.04 Å². The van der Waals surface area contributed by atoms with Crippen LogP contribution in [0.1, 0.15) is 47.0 Å². The largest absolute Gasteiger partial charge is 0.375 e. The number of nitrogens with zero attached hydrogens (tertiary/aromatic N) is 1. The summed E-state index contributed by atoms with van der Waals surface area (Å²) in [6.45, 7) is 12.7. The highest BCUT2D eigenvalue weighted by molar-refractivity contribution is 4.94. The topological polar surface area (TPSA) is 12.5 Å². The maximum Gasteiger partial charge on any atom is 0.0710 e. The van der Waals surface area contributed by atoms with Gasteiger partial charge in [0, 0.05) is 19.1 Å². The minimum Gasteiger partial charge on any atom is -0.375 e. The average Bonchev–Trinajstić information content (AvgIpc) is 2.63. The summed E-state index contributed by atoms with van der Waals surface area (Å²) in [6, 6.07) is 0.694. The van der Waals surface area contributed by atoms with Crippen molar-refractivity contribution < 1.29 is 4.74 Å². The van der Waals surface area contributed by atoms with Gasteiger partial charge in [-0.15, -0.1) is 0 Å². The SMILES string of the molecule is CC(C)C1COC2(CCN(C(C)C)CC2)C1. The van der Waals surface area contributed by atoms with Gasteiger partial charge in [0.15, 0.2) is 0 Å². The highest BCUT2D eigenvalue weighted by atomic mass is 16.5. The molecule has 1 atom stereocenters. The van der Waals surface area contributed by atoms with E-state index in [4.69, 9.17) is 4.74 Å². The standard InChI is InChI=1S/C14H27NO/c1-11(2)13-9-14(16-10-13)5-7-15(8-6-14)12(3)4/h11-13H,5-10H2,1-4H3. The van der Waals surface area contributed by atoms with Gasteiger partial charge in [0.05, 0.1) is 12.2 Å². The molecule has 0 aliphatic carbocycles. The van der Waals surface area contributed by atoms with Crippen molar-refractivity contribution in [1.82, 2.24) is 4.90 Å². The molecule has 94 valence electrons. The normalized spacial score (nSPS) is 30.8. The van der Waals surface area contributed by atoms with Crippen LogP contribution in [0.5, 0.6) is 0 Å². The first-order chi connectivity index (χ1) is 7.52. The molecule has 1 spiro atoms. The van der Waals surface area contributed by atoms with E-state index < -0.39 is 0 Å². The van der Waals surface area contributed by atoms with Crippen molar-refractivity contribution in [2.45, 2.75) is 58.6 Å². The lowest BCUT2D eigenvalue weighted by Crippen LogP contribution is -2.46. The fourth-order valence-electron chi connectivity index (χ4n) is 3.10. The molecule has 16 heavy (non-hydrogen) atoms. The Labute approximate surface area is 100 Å². The Hall–Kier alpha value is -0.0800. The van der Waals surface area contributed by atoms with E-state index in [9.17, 15) is 0 Å². The van der Waals surface area contributed by atoms with Gasteiger partial charge in [0.25, 0.3) is 0 Å². The molecular weight excluding hydrogens is 198 g/mol. The molecule has 0 amide bonds. The van der Waals surface area contributed by atoms with Crippen LogP contribution in [0.3, 0.4) is 0 Å². The third-order valence-corrected chi connectivity index (χ3v) is 4.62. The maximum absolute atomic E-state index is 6.16. The van der Waals surface area contributed by atoms with Crippen LogP contribution in [-0.2, 0) is 4.74 Å². The highest BCUT2D eigenvalue weighted by Crippen LogP contribution is 2.41. The summed E-state index contributed by atoms with van der Waals surface area (Å²) in [5.41, 5.74) is 0.250. The first-order valence-corrected chi connectivity index (χ1v) is 6.90. The molecule has 0 radical (unpaired) electrons. The van der Waals surface area contributed by atoms with Crippen LogP contribution >= 0.6 is 0 Å². The Kier molecular flexibility index (Phi) is 3.60. The van der Waals surface area contributed by atoms with Crippen molar-refractivity contribution in [2.24, 2.45) is 11.8 Å². The molecule has 2 heteroatoms. The molecule has 2 aliphatic heterocycles. The van der Waals surface area contributed by atoms with E-state index >= 15 is 0 Å². The molecule has 0 bridgehead atoms. The lowest BCUT2D eigenvalue weighted by Gasteiger charge is -2.40. The van der Waals surface area contributed by atoms with Crippen molar-refractivity contribution in [3.05, 3.63) is 0 Å². The molecule has 2 saturated heterocycles. The molecule has 2 aliphatic rings. The minimum atomic E-state index is 0.250. The van der Waals surface area contributed by atoms with Crippen molar-refractivity contribution >= 4 is 0 Å². The highest BCUT2D eigenvalue weighted by Gasteiger charge is 2.43. The molecule has 0 aromatic heterocycles. The first-order valence-electron chi connectivity index (χ1n) is 6.90. The van der Waals surface area contributed by atoms with Crippen LogP contribution in [0.25, 0.3) is 0 Å². The smallest absolute Gasteiger partial charge is 0.0710 e. The van der Waals surface area contributed by atoms with Crippen LogP contribution in [-0.4, -0.2) is 36.2 Å². The summed E-state index contributed by atoms with van der Waals surface area (Å²) in [5, 5.41) is 0. The van der Waals surface area contributed by atoms with Crippen molar-refractivity contribution in [3.8, 4) is 0 Å². The van der Waals surface area contributed by atoms with Gasteiger partial charge in [0.2, 0.25) is 0 Å². The summed E-state index contributed by atoms with van der Waals surface area (Å²) in [7, 11) is 0. The van der Waals surface area contributed by atoms with Gasteiger partial charge in [-0.2, -0.15) is 0 Å². The molecule has 2 nitrogen and oxygen atoms in total. The predicted molar refractivity (Wildman–Crippen MR) is 67.6 cm³/mol. The quantitative estimate of drug-likeness (QED) is 0.716. The number of likely N-dealkylation sites (tertiary alicyclic amines) is 1. The third kappa shape index (κ3) is 2.43. The van der Waals surface area contributed by atoms with Gasteiger partial charge < -0.3 is 9.64 Å². The van der Waals surface area contributed by atoms with Gasteiger partial charge >= 0.3 is 0 Å². The lowest BCUT2D eigenvalue weighted by atomic mass is 9.82. The molecular formula is C14H27NO. The maximum atomic E-state index is 6.16. The van der Waals surface area contributed by atoms with Crippen LogP contribution in [0.4, 0.5) is 0 Å². The van der Waals surface area contributed by atoms with Crippen molar-refractivity contribution in [3.63, 3.8) is 0 Å². The predicted octanol–water partition coefficient (Wildman–Crippen LogP) is 2.92. The molecule has 0 N–H and O–H groups in total. The zero-order valence-corrected chi connectivity index (χ0v) is 11.3. The van der Waals surface area contributed by atoms with E-state index in [1.807, 2.05) is 0 Å². The zero-order chi connectivity index (χ0) is 11.8. The molecule has 2 fully saturated rings. The summed E-state index contributed by atoms with van der Waals surface area (Å²) >= 11 is 0. The molecule has 2 heterocycles. The molecule has 1 unspecified atom stereocenters. The number of hydrogen-bond acceptors (Lipinski definition) is 2. The van der Waals surface area contributed by atoms with Gasteiger partial charge in [0.1, 0.15) is 0 Å². The summed E-state index contributed by atoms with van der Waals surface area (Å²) in [5.74, 6) is 1.58. The third-order valence-electron chi connectivity index (χ3n) is 4.62.